The zero-order valence-electron chi connectivity index (χ0n) is 12.9. The number of rotatable bonds is 5. The Bertz CT molecular complexity index is 441. The summed E-state index contributed by atoms with van der Waals surface area (Å²) in [6.07, 6.45) is 6.71. The lowest BCUT2D eigenvalue weighted by atomic mass is 10.0. The Morgan fingerprint density at radius 1 is 1.14 bits per heavy atom. The average molecular weight is 419 g/mol. The van der Waals surface area contributed by atoms with E-state index in [0.29, 0.717) is 12.6 Å². The van der Waals surface area contributed by atoms with E-state index in [1.807, 2.05) is 6.92 Å². The van der Waals surface area contributed by atoms with Gasteiger partial charge in [0.15, 0.2) is 0 Å². The van der Waals surface area contributed by atoms with Crippen LogP contribution >= 0.6 is 31.9 Å². The van der Waals surface area contributed by atoms with Gasteiger partial charge in [-0.2, -0.15) is 0 Å². The van der Waals surface area contributed by atoms with Crippen LogP contribution in [0.25, 0.3) is 0 Å². The van der Waals surface area contributed by atoms with Gasteiger partial charge in [0, 0.05) is 12.6 Å². The van der Waals surface area contributed by atoms with Crippen LogP contribution in [-0.4, -0.2) is 12.6 Å². The quantitative estimate of drug-likeness (QED) is 0.622. The van der Waals surface area contributed by atoms with Crippen LogP contribution in [0.1, 0.15) is 51.5 Å². The summed E-state index contributed by atoms with van der Waals surface area (Å²) in [5.74, 6) is 1.79. The van der Waals surface area contributed by atoms with E-state index >= 15 is 0 Å². The van der Waals surface area contributed by atoms with Gasteiger partial charge in [-0.05, 0) is 81.7 Å². The maximum atomic E-state index is 5.63. The molecule has 21 heavy (non-hydrogen) atoms. The predicted octanol–water partition coefficient (Wildman–Crippen LogP) is 5.67. The normalized spacial score (nSPS) is 22.9. The molecule has 2 unspecified atom stereocenters. The second-order valence-corrected chi connectivity index (χ2v) is 7.72. The molecule has 0 heterocycles. The van der Waals surface area contributed by atoms with Crippen LogP contribution in [0, 0.1) is 5.92 Å². The molecule has 4 heteroatoms. The van der Waals surface area contributed by atoms with Crippen LogP contribution in [0.4, 0.5) is 0 Å². The Labute approximate surface area is 145 Å². The highest BCUT2D eigenvalue weighted by atomic mass is 79.9. The zero-order chi connectivity index (χ0) is 15.2. The van der Waals surface area contributed by atoms with Gasteiger partial charge in [0.05, 0.1) is 15.6 Å². The van der Waals surface area contributed by atoms with Gasteiger partial charge in [0.25, 0.3) is 0 Å². The van der Waals surface area contributed by atoms with Crippen LogP contribution < -0.4 is 10.1 Å². The van der Waals surface area contributed by atoms with Crippen molar-refractivity contribution in [3.63, 3.8) is 0 Å². The van der Waals surface area contributed by atoms with E-state index in [1.165, 1.54) is 37.7 Å². The van der Waals surface area contributed by atoms with Gasteiger partial charge in [-0.3, -0.25) is 0 Å². The van der Waals surface area contributed by atoms with E-state index in [9.17, 15) is 0 Å². The molecule has 0 saturated heterocycles. The van der Waals surface area contributed by atoms with E-state index in [2.05, 4.69) is 56.2 Å². The van der Waals surface area contributed by atoms with Gasteiger partial charge in [-0.1, -0.05) is 19.8 Å². The highest BCUT2D eigenvalue weighted by molar-refractivity contribution is 9.11. The molecule has 2 atom stereocenters. The first-order valence-electron chi connectivity index (χ1n) is 7.94. The van der Waals surface area contributed by atoms with Crippen LogP contribution in [0.5, 0.6) is 5.75 Å². The van der Waals surface area contributed by atoms with E-state index in [1.54, 1.807) is 0 Å². The summed E-state index contributed by atoms with van der Waals surface area (Å²) in [7, 11) is 0. The summed E-state index contributed by atoms with van der Waals surface area (Å²) < 4.78 is 7.67. The van der Waals surface area contributed by atoms with E-state index in [0.717, 1.165) is 27.2 Å². The lowest BCUT2D eigenvalue weighted by molar-refractivity contribution is 0.335. The van der Waals surface area contributed by atoms with Gasteiger partial charge in [0.2, 0.25) is 0 Å². The summed E-state index contributed by atoms with van der Waals surface area (Å²) in [6, 6.07) is 4.98. The maximum absolute atomic E-state index is 5.63. The third-order valence-corrected chi connectivity index (χ3v) is 5.38. The molecule has 0 amide bonds. The van der Waals surface area contributed by atoms with Crippen molar-refractivity contribution in [1.29, 1.82) is 0 Å². The van der Waals surface area contributed by atoms with Gasteiger partial charge >= 0.3 is 0 Å². The standard InChI is InChI=1S/C17H25Br2NO/c1-3-21-17-15(18)9-13(10-16(17)19)11-20-14-6-4-5-12(2)7-8-14/h9-10,12,14,20H,3-8,11H2,1-2H3. The molecule has 1 fully saturated rings. The Morgan fingerprint density at radius 3 is 2.52 bits per heavy atom. The minimum atomic E-state index is 0.666. The molecule has 2 nitrogen and oxygen atoms in total. The van der Waals surface area contributed by atoms with E-state index < -0.39 is 0 Å². The van der Waals surface area contributed by atoms with Crippen molar-refractivity contribution in [3.05, 3.63) is 26.6 Å². The molecular formula is C17H25Br2NO. The molecule has 0 aromatic heterocycles. The number of halogens is 2. The summed E-state index contributed by atoms with van der Waals surface area (Å²) in [5, 5.41) is 3.72. The molecule has 0 bridgehead atoms. The molecule has 1 aromatic rings. The van der Waals surface area contributed by atoms with Crippen LogP contribution in [0.3, 0.4) is 0 Å². The minimum absolute atomic E-state index is 0.666. The number of hydrogen-bond donors (Lipinski definition) is 1. The van der Waals surface area contributed by atoms with Crippen molar-refractivity contribution in [3.8, 4) is 5.75 Å². The lowest BCUT2D eigenvalue weighted by Gasteiger charge is -2.17. The van der Waals surface area contributed by atoms with Crippen molar-refractivity contribution in [2.45, 2.75) is 58.5 Å². The second-order valence-electron chi connectivity index (χ2n) is 6.01. The van der Waals surface area contributed by atoms with Crippen molar-refractivity contribution in [2.75, 3.05) is 6.61 Å². The first kappa shape index (κ1) is 17.3. The monoisotopic (exact) mass is 417 g/mol. The van der Waals surface area contributed by atoms with Crippen LogP contribution in [0.2, 0.25) is 0 Å². The third-order valence-electron chi connectivity index (χ3n) is 4.20. The van der Waals surface area contributed by atoms with Gasteiger partial charge in [-0.25, -0.2) is 0 Å². The molecule has 0 radical (unpaired) electrons. The smallest absolute Gasteiger partial charge is 0.147 e. The summed E-state index contributed by atoms with van der Waals surface area (Å²) >= 11 is 7.21. The molecule has 2 rings (SSSR count). The largest absolute Gasteiger partial charge is 0.492 e. The second kappa shape index (κ2) is 8.54. The molecule has 118 valence electrons. The van der Waals surface area contributed by atoms with Crippen LogP contribution in [0.15, 0.2) is 21.1 Å². The topological polar surface area (TPSA) is 21.3 Å². The number of ether oxygens (including phenoxy) is 1. The fraction of sp³-hybridized carbons (Fsp3) is 0.647. The Hall–Kier alpha value is -0.0600. The summed E-state index contributed by atoms with van der Waals surface area (Å²) in [4.78, 5) is 0. The molecule has 1 aromatic carbocycles. The lowest BCUT2D eigenvalue weighted by Crippen LogP contribution is -2.28. The number of hydrogen-bond acceptors (Lipinski definition) is 2. The highest BCUT2D eigenvalue weighted by Gasteiger charge is 2.16. The van der Waals surface area contributed by atoms with Gasteiger partial charge in [0.1, 0.15) is 5.75 Å². The SMILES string of the molecule is CCOc1c(Br)cc(CNC2CCCC(C)CC2)cc1Br. The molecule has 1 N–H and O–H groups in total. The van der Waals surface area contributed by atoms with E-state index in [-0.39, 0.29) is 0 Å². The molecule has 1 saturated carbocycles. The summed E-state index contributed by atoms with van der Waals surface area (Å²) in [5.41, 5.74) is 1.29. The molecule has 1 aliphatic carbocycles. The third kappa shape index (κ3) is 5.26. The minimum Gasteiger partial charge on any atom is -0.492 e. The van der Waals surface area contributed by atoms with Crippen molar-refractivity contribution in [1.82, 2.24) is 5.32 Å². The summed E-state index contributed by atoms with van der Waals surface area (Å²) in [6.45, 7) is 5.97. The van der Waals surface area contributed by atoms with Gasteiger partial charge < -0.3 is 10.1 Å². The first-order chi connectivity index (χ1) is 10.1. The van der Waals surface area contributed by atoms with Crippen molar-refractivity contribution < 1.29 is 4.74 Å². The number of nitrogens with one attached hydrogen (secondary N) is 1. The Kier molecular flexibility index (Phi) is 7.03. The zero-order valence-corrected chi connectivity index (χ0v) is 16.1. The van der Waals surface area contributed by atoms with Gasteiger partial charge in [-0.15, -0.1) is 0 Å². The van der Waals surface area contributed by atoms with Crippen molar-refractivity contribution >= 4 is 31.9 Å². The average Bonchev–Trinajstić information content (AvgIpc) is 2.65. The molecule has 0 aliphatic heterocycles. The number of benzene rings is 1. The molecule has 0 spiro atoms. The Morgan fingerprint density at radius 2 is 1.86 bits per heavy atom. The highest BCUT2D eigenvalue weighted by Crippen LogP contribution is 2.35. The van der Waals surface area contributed by atoms with Crippen LogP contribution in [-0.2, 0) is 6.54 Å². The maximum Gasteiger partial charge on any atom is 0.147 e. The fourth-order valence-electron chi connectivity index (χ4n) is 2.95. The first-order valence-corrected chi connectivity index (χ1v) is 9.52. The Balaban J connectivity index is 1.94. The fourth-order valence-corrected chi connectivity index (χ4v) is 4.46. The predicted molar refractivity (Wildman–Crippen MR) is 95.9 cm³/mol. The van der Waals surface area contributed by atoms with E-state index in [4.69, 9.17) is 4.74 Å². The molecule has 1 aliphatic rings. The van der Waals surface area contributed by atoms with Crippen molar-refractivity contribution in [2.24, 2.45) is 5.92 Å². The molecular weight excluding hydrogens is 394 g/mol.